The van der Waals surface area contributed by atoms with Crippen molar-refractivity contribution in [3.05, 3.63) is 22.5 Å². The number of aromatic nitrogens is 2. The van der Waals surface area contributed by atoms with Gasteiger partial charge in [-0.15, -0.1) is 0 Å². The van der Waals surface area contributed by atoms with E-state index >= 15 is 0 Å². The molecule has 1 aromatic rings. The SMILES string of the molecule is Nc1nc(=O)n(C2OC(CO)C(CO)C2F)cc1F. The molecule has 0 amide bonds. The molecular weight excluding hydrogens is 264 g/mol. The van der Waals surface area contributed by atoms with Crippen LogP contribution >= 0.6 is 0 Å². The monoisotopic (exact) mass is 277 g/mol. The number of nitrogens with zero attached hydrogens (tertiary/aromatic N) is 2. The van der Waals surface area contributed by atoms with Gasteiger partial charge in [-0.05, 0) is 0 Å². The van der Waals surface area contributed by atoms with Gasteiger partial charge in [-0.3, -0.25) is 4.57 Å². The Kier molecular flexibility index (Phi) is 3.78. The summed E-state index contributed by atoms with van der Waals surface area (Å²) >= 11 is 0. The van der Waals surface area contributed by atoms with Crippen LogP contribution in [0, 0.1) is 11.7 Å². The molecule has 7 nitrogen and oxygen atoms in total. The van der Waals surface area contributed by atoms with E-state index in [2.05, 4.69) is 4.98 Å². The summed E-state index contributed by atoms with van der Waals surface area (Å²) in [5.41, 5.74) is 4.15. The number of hydrogen-bond donors (Lipinski definition) is 3. The molecule has 2 heterocycles. The highest BCUT2D eigenvalue weighted by molar-refractivity contribution is 5.26. The van der Waals surface area contributed by atoms with Gasteiger partial charge in [0.05, 0.1) is 25.5 Å². The first-order chi connectivity index (χ1) is 8.99. The van der Waals surface area contributed by atoms with Crippen LogP contribution in [0.4, 0.5) is 14.6 Å². The Labute approximate surface area is 106 Å². The summed E-state index contributed by atoms with van der Waals surface area (Å²) in [6.45, 7) is -1.09. The van der Waals surface area contributed by atoms with E-state index in [0.717, 1.165) is 0 Å². The van der Waals surface area contributed by atoms with Crippen molar-refractivity contribution in [3.8, 4) is 0 Å². The van der Waals surface area contributed by atoms with Gasteiger partial charge in [0.2, 0.25) is 0 Å². The summed E-state index contributed by atoms with van der Waals surface area (Å²) in [6, 6.07) is 0. The number of aliphatic hydroxyl groups excluding tert-OH is 2. The Balaban J connectivity index is 2.38. The summed E-state index contributed by atoms with van der Waals surface area (Å²) in [6.07, 6.45) is -3.51. The Morgan fingerprint density at radius 3 is 2.68 bits per heavy atom. The molecule has 0 saturated carbocycles. The Bertz CT molecular complexity index is 524. The van der Waals surface area contributed by atoms with Crippen molar-refractivity contribution in [3.63, 3.8) is 0 Å². The van der Waals surface area contributed by atoms with E-state index in [-0.39, 0.29) is 0 Å². The molecule has 0 radical (unpaired) electrons. The van der Waals surface area contributed by atoms with Crippen LogP contribution in [0.25, 0.3) is 0 Å². The lowest BCUT2D eigenvalue weighted by Crippen LogP contribution is -2.33. The molecule has 4 N–H and O–H groups in total. The number of aliphatic hydroxyl groups is 2. The number of alkyl halides is 1. The summed E-state index contributed by atoms with van der Waals surface area (Å²) in [7, 11) is 0. The second-order valence-electron chi connectivity index (χ2n) is 4.20. The van der Waals surface area contributed by atoms with E-state index in [0.29, 0.717) is 10.8 Å². The molecule has 0 bridgehead atoms. The predicted molar refractivity (Wildman–Crippen MR) is 59.3 cm³/mol. The van der Waals surface area contributed by atoms with Gasteiger partial charge < -0.3 is 20.7 Å². The summed E-state index contributed by atoms with van der Waals surface area (Å²) in [5, 5.41) is 18.1. The molecule has 106 valence electrons. The molecule has 1 fully saturated rings. The lowest BCUT2D eigenvalue weighted by atomic mass is 10.0. The Hall–Kier alpha value is -1.58. The van der Waals surface area contributed by atoms with Gasteiger partial charge >= 0.3 is 5.69 Å². The second-order valence-corrected chi connectivity index (χ2v) is 4.20. The fourth-order valence-corrected chi connectivity index (χ4v) is 2.03. The first-order valence-electron chi connectivity index (χ1n) is 5.55. The van der Waals surface area contributed by atoms with E-state index in [1.807, 2.05) is 0 Å². The topological polar surface area (TPSA) is 111 Å². The maximum atomic E-state index is 14.1. The zero-order valence-electron chi connectivity index (χ0n) is 9.74. The average molecular weight is 277 g/mol. The van der Waals surface area contributed by atoms with E-state index in [4.69, 9.17) is 20.7 Å². The van der Waals surface area contributed by atoms with Crippen LogP contribution in [0.1, 0.15) is 6.23 Å². The van der Waals surface area contributed by atoms with Crippen molar-refractivity contribution in [1.29, 1.82) is 0 Å². The van der Waals surface area contributed by atoms with Crippen LogP contribution in [0.15, 0.2) is 11.0 Å². The molecule has 9 heteroatoms. The summed E-state index contributed by atoms with van der Waals surface area (Å²) in [4.78, 5) is 14.7. The van der Waals surface area contributed by atoms with Crippen LogP contribution < -0.4 is 11.4 Å². The Morgan fingerprint density at radius 2 is 2.16 bits per heavy atom. The average Bonchev–Trinajstić information content (AvgIpc) is 2.70. The normalized spacial score (nSPS) is 30.7. The van der Waals surface area contributed by atoms with Gasteiger partial charge in [0.1, 0.15) is 0 Å². The number of halogens is 2. The largest absolute Gasteiger partial charge is 0.396 e. The van der Waals surface area contributed by atoms with Gasteiger partial charge in [-0.25, -0.2) is 13.6 Å². The molecule has 1 aliphatic rings. The molecule has 0 aliphatic carbocycles. The molecular formula is C10H13F2N3O4. The van der Waals surface area contributed by atoms with Crippen LogP contribution in [0.3, 0.4) is 0 Å². The van der Waals surface area contributed by atoms with Crippen molar-refractivity contribution < 1.29 is 23.7 Å². The second kappa shape index (κ2) is 5.19. The fourth-order valence-electron chi connectivity index (χ4n) is 2.03. The van der Waals surface area contributed by atoms with Gasteiger partial charge in [-0.2, -0.15) is 4.98 Å². The third-order valence-corrected chi connectivity index (χ3v) is 3.07. The van der Waals surface area contributed by atoms with E-state index in [1.54, 1.807) is 0 Å². The van der Waals surface area contributed by atoms with Gasteiger partial charge in [-0.1, -0.05) is 0 Å². The molecule has 19 heavy (non-hydrogen) atoms. The first kappa shape index (κ1) is 13.8. The number of hydrogen-bond acceptors (Lipinski definition) is 6. The van der Waals surface area contributed by atoms with E-state index < -0.39 is 55.0 Å². The maximum absolute atomic E-state index is 14.1. The molecule has 1 aromatic heterocycles. The van der Waals surface area contributed by atoms with Crippen LogP contribution in [0.2, 0.25) is 0 Å². The molecule has 2 rings (SSSR count). The highest BCUT2D eigenvalue weighted by Crippen LogP contribution is 2.35. The number of rotatable bonds is 3. The predicted octanol–water partition coefficient (Wildman–Crippen LogP) is -1.20. The standard InChI is InChI=1S/C10H13F2N3O4/c11-5-1-15(10(18)14-8(5)13)9-7(12)4(2-16)6(3-17)19-9/h1,4,6-7,9,16-17H,2-3H2,(H2,13,14,18). The van der Waals surface area contributed by atoms with E-state index in [9.17, 15) is 13.6 Å². The number of ether oxygens (including phenoxy) is 1. The van der Waals surface area contributed by atoms with Crippen molar-refractivity contribution in [2.45, 2.75) is 18.5 Å². The van der Waals surface area contributed by atoms with E-state index in [1.165, 1.54) is 0 Å². The minimum absolute atomic E-state index is 0.526. The molecule has 0 aromatic carbocycles. The van der Waals surface area contributed by atoms with Crippen molar-refractivity contribution in [1.82, 2.24) is 9.55 Å². The number of nitrogen functional groups attached to an aromatic ring is 1. The fraction of sp³-hybridized carbons (Fsp3) is 0.600. The number of nitrogens with two attached hydrogens (primary N) is 1. The van der Waals surface area contributed by atoms with Crippen LogP contribution in [0.5, 0.6) is 0 Å². The lowest BCUT2D eigenvalue weighted by Gasteiger charge is -2.16. The highest BCUT2D eigenvalue weighted by Gasteiger charge is 2.45. The van der Waals surface area contributed by atoms with Crippen molar-refractivity contribution in [2.24, 2.45) is 5.92 Å². The minimum Gasteiger partial charge on any atom is -0.396 e. The maximum Gasteiger partial charge on any atom is 0.351 e. The highest BCUT2D eigenvalue weighted by atomic mass is 19.1. The quantitative estimate of drug-likeness (QED) is 0.640. The summed E-state index contributed by atoms with van der Waals surface area (Å²) in [5.74, 6) is -2.57. The third kappa shape index (κ3) is 2.31. The third-order valence-electron chi connectivity index (χ3n) is 3.07. The molecule has 0 spiro atoms. The lowest BCUT2D eigenvalue weighted by molar-refractivity contribution is -0.0444. The van der Waals surface area contributed by atoms with Gasteiger partial charge in [0, 0.05) is 5.92 Å². The Morgan fingerprint density at radius 1 is 1.47 bits per heavy atom. The molecule has 4 unspecified atom stereocenters. The molecule has 1 aliphatic heterocycles. The number of anilines is 1. The van der Waals surface area contributed by atoms with Gasteiger partial charge in [0.15, 0.2) is 24.0 Å². The summed E-state index contributed by atoms with van der Waals surface area (Å²) < 4.78 is 33.1. The van der Waals surface area contributed by atoms with Crippen LogP contribution in [-0.4, -0.2) is 45.3 Å². The smallest absolute Gasteiger partial charge is 0.351 e. The molecule has 1 saturated heterocycles. The van der Waals surface area contributed by atoms with Gasteiger partial charge in [0.25, 0.3) is 0 Å². The van der Waals surface area contributed by atoms with Crippen molar-refractivity contribution in [2.75, 3.05) is 18.9 Å². The van der Waals surface area contributed by atoms with Crippen LogP contribution in [-0.2, 0) is 4.74 Å². The first-order valence-corrected chi connectivity index (χ1v) is 5.55. The molecule has 4 atom stereocenters. The zero-order valence-corrected chi connectivity index (χ0v) is 9.74. The van der Waals surface area contributed by atoms with Crippen molar-refractivity contribution >= 4 is 5.82 Å². The zero-order chi connectivity index (χ0) is 14.2. The minimum atomic E-state index is -1.77.